The van der Waals surface area contributed by atoms with Crippen molar-refractivity contribution in [1.29, 1.82) is 0 Å². The fraction of sp³-hybridized carbons (Fsp3) is 0.471. The number of rotatable bonds is 8. The van der Waals surface area contributed by atoms with Crippen LogP contribution >= 0.6 is 0 Å². The maximum Gasteiger partial charge on any atom is 0.192 e. The molecule has 0 aliphatic carbocycles. The summed E-state index contributed by atoms with van der Waals surface area (Å²) in [5, 5.41) is 6.23. The van der Waals surface area contributed by atoms with Gasteiger partial charge in [-0.25, -0.2) is 0 Å². The number of benzene rings is 1. The van der Waals surface area contributed by atoms with Crippen molar-refractivity contribution in [2.75, 3.05) is 26.2 Å². The van der Waals surface area contributed by atoms with E-state index >= 15 is 0 Å². The summed E-state index contributed by atoms with van der Waals surface area (Å²) in [5.74, 6) is 3.65. The second-order valence-electron chi connectivity index (χ2n) is 4.88. The fourth-order valence-corrected chi connectivity index (χ4v) is 1.73. The molecule has 1 rings (SSSR count). The Bertz CT molecular complexity index is 451. The van der Waals surface area contributed by atoms with Gasteiger partial charge in [0.25, 0.3) is 0 Å². The minimum Gasteiger partial charge on any atom is -0.376 e. The number of hydrogen-bond donors (Lipinski definition) is 2. The van der Waals surface area contributed by atoms with Gasteiger partial charge in [0.05, 0.1) is 19.8 Å². The minimum absolute atomic E-state index is 0.356. The average molecular weight is 287 g/mol. The molecule has 1 unspecified atom stereocenters. The van der Waals surface area contributed by atoms with Gasteiger partial charge in [-0.3, -0.25) is 4.99 Å². The number of guanidine groups is 1. The zero-order valence-corrected chi connectivity index (χ0v) is 12.9. The summed E-state index contributed by atoms with van der Waals surface area (Å²) in [7, 11) is 0. The number of nitrogens with zero attached hydrogens (tertiary/aromatic N) is 1. The number of hydrogen-bond acceptors (Lipinski definition) is 2. The van der Waals surface area contributed by atoms with E-state index < -0.39 is 0 Å². The van der Waals surface area contributed by atoms with Crippen LogP contribution in [0, 0.1) is 18.3 Å². The Labute approximate surface area is 128 Å². The third-order valence-electron chi connectivity index (χ3n) is 2.78. The highest BCUT2D eigenvalue weighted by Gasteiger charge is 2.03. The highest BCUT2D eigenvalue weighted by Crippen LogP contribution is 2.03. The molecule has 0 amide bonds. The Morgan fingerprint density at radius 3 is 2.76 bits per heavy atom. The van der Waals surface area contributed by atoms with Gasteiger partial charge in [0.2, 0.25) is 0 Å². The molecule has 0 aliphatic heterocycles. The van der Waals surface area contributed by atoms with E-state index in [4.69, 9.17) is 11.2 Å². The molecule has 1 aromatic rings. The third kappa shape index (κ3) is 8.01. The number of nitrogens with one attached hydrogen (secondary N) is 2. The van der Waals surface area contributed by atoms with E-state index in [1.54, 1.807) is 0 Å². The molecule has 1 atom stereocenters. The maximum atomic E-state index is 5.71. The molecule has 0 aliphatic rings. The third-order valence-corrected chi connectivity index (χ3v) is 2.78. The molecule has 0 radical (unpaired) electrons. The van der Waals surface area contributed by atoms with Crippen LogP contribution in [0.15, 0.2) is 35.3 Å². The zero-order valence-electron chi connectivity index (χ0n) is 12.9. The summed E-state index contributed by atoms with van der Waals surface area (Å²) in [4.78, 5) is 4.50. The van der Waals surface area contributed by atoms with Gasteiger partial charge in [-0.2, -0.15) is 0 Å². The van der Waals surface area contributed by atoms with Crippen LogP contribution in [0.5, 0.6) is 0 Å². The monoisotopic (exact) mass is 287 g/mol. The molecule has 0 heterocycles. The second-order valence-corrected chi connectivity index (χ2v) is 4.88. The first-order chi connectivity index (χ1) is 10.3. The van der Waals surface area contributed by atoms with E-state index in [0.29, 0.717) is 32.2 Å². The number of terminal acetylenes is 1. The lowest BCUT2D eigenvalue weighted by atomic mass is 10.2. The predicted octanol–water partition coefficient (Wildman–Crippen LogP) is 2.03. The van der Waals surface area contributed by atoms with Gasteiger partial charge in [-0.15, -0.1) is 6.42 Å². The highest BCUT2D eigenvalue weighted by molar-refractivity contribution is 5.79. The van der Waals surface area contributed by atoms with Crippen LogP contribution in [0.3, 0.4) is 0 Å². The first kappa shape index (κ1) is 17.1. The van der Waals surface area contributed by atoms with E-state index in [-0.39, 0.29) is 0 Å². The SMILES string of the molecule is C#CCNC(=NCC(C)COCc1ccccc1)NCC. The van der Waals surface area contributed by atoms with Gasteiger partial charge >= 0.3 is 0 Å². The summed E-state index contributed by atoms with van der Waals surface area (Å²) in [6.45, 7) is 7.48. The summed E-state index contributed by atoms with van der Waals surface area (Å²) in [6, 6.07) is 10.2. The Kier molecular flexibility index (Phi) is 8.74. The molecular formula is C17H25N3O. The lowest BCUT2D eigenvalue weighted by Crippen LogP contribution is -2.37. The molecule has 21 heavy (non-hydrogen) atoms. The Morgan fingerprint density at radius 2 is 2.10 bits per heavy atom. The normalized spacial score (nSPS) is 12.5. The van der Waals surface area contributed by atoms with Gasteiger partial charge in [0.1, 0.15) is 0 Å². The van der Waals surface area contributed by atoms with Crippen LogP contribution < -0.4 is 10.6 Å². The van der Waals surface area contributed by atoms with Crippen molar-refractivity contribution in [3.05, 3.63) is 35.9 Å². The Morgan fingerprint density at radius 1 is 1.33 bits per heavy atom. The summed E-state index contributed by atoms with van der Waals surface area (Å²) in [6.07, 6.45) is 5.23. The van der Waals surface area contributed by atoms with Crippen LogP contribution in [-0.4, -0.2) is 32.2 Å². The van der Waals surface area contributed by atoms with Crippen molar-refractivity contribution in [3.8, 4) is 12.3 Å². The highest BCUT2D eigenvalue weighted by atomic mass is 16.5. The van der Waals surface area contributed by atoms with E-state index in [9.17, 15) is 0 Å². The largest absolute Gasteiger partial charge is 0.376 e. The molecule has 114 valence electrons. The van der Waals surface area contributed by atoms with E-state index in [1.165, 1.54) is 5.56 Å². The van der Waals surface area contributed by atoms with Gasteiger partial charge in [-0.1, -0.05) is 43.2 Å². The number of aliphatic imine (C=N–C) groups is 1. The van der Waals surface area contributed by atoms with Crippen LogP contribution in [0.1, 0.15) is 19.4 Å². The van der Waals surface area contributed by atoms with Gasteiger partial charge < -0.3 is 15.4 Å². The lowest BCUT2D eigenvalue weighted by Gasteiger charge is -2.12. The first-order valence-electron chi connectivity index (χ1n) is 7.33. The van der Waals surface area contributed by atoms with E-state index in [2.05, 4.69) is 40.6 Å². The predicted molar refractivity (Wildman–Crippen MR) is 88.1 cm³/mol. The van der Waals surface area contributed by atoms with Gasteiger partial charge in [-0.05, 0) is 18.4 Å². The average Bonchev–Trinajstić information content (AvgIpc) is 2.51. The van der Waals surface area contributed by atoms with E-state index in [1.807, 2.05) is 25.1 Å². The Hall–Kier alpha value is -1.99. The van der Waals surface area contributed by atoms with Crippen molar-refractivity contribution >= 4 is 5.96 Å². The van der Waals surface area contributed by atoms with Crippen LogP contribution in [-0.2, 0) is 11.3 Å². The van der Waals surface area contributed by atoms with Crippen LogP contribution in [0.25, 0.3) is 0 Å². The zero-order chi connectivity index (χ0) is 15.3. The Balaban J connectivity index is 2.28. The lowest BCUT2D eigenvalue weighted by molar-refractivity contribution is 0.0945. The molecule has 0 saturated carbocycles. The summed E-state index contributed by atoms with van der Waals surface area (Å²) < 4.78 is 5.71. The van der Waals surface area contributed by atoms with Gasteiger partial charge in [0, 0.05) is 13.1 Å². The fourth-order valence-electron chi connectivity index (χ4n) is 1.73. The molecule has 0 fully saturated rings. The minimum atomic E-state index is 0.356. The summed E-state index contributed by atoms with van der Waals surface area (Å²) >= 11 is 0. The van der Waals surface area contributed by atoms with Crippen LogP contribution in [0.2, 0.25) is 0 Å². The molecule has 4 nitrogen and oxygen atoms in total. The molecule has 0 bridgehead atoms. The molecule has 4 heteroatoms. The van der Waals surface area contributed by atoms with Crippen LogP contribution in [0.4, 0.5) is 0 Å². The van der Waals surface area contributed by atoms with Crippen molar-refractivity contribution in [2.24, 2.45) is 10.9 Å². The van der Waals surface area contributed by atoms with Gasteiger partial charge in [0.15, 0.2) is 5.96 Å². The quantitative estimate of drug-likeness (QED) is 0.437. The van der Waals surface area contributed by atoms with Crippen molar-refractivity contribution in [3.63, 3.8) is 0 Å². The first-order valence-corrected chi connectivity index (χ1v) is 7.33. The van der Waals surface area contributed by atoms with Crippen molar-refractivity contribution < 1.29 is 4.74 Å². The van der Waals surface area contributed by atoms with E-state index in [0.717, 1.165) is 12.5 Å². The molecular weight excluding hydrogens is 262 g/mol. The second kappa shape index (κ2) is 10.8. The topological polar surface area (TPSA) is 45.7 Å². The van der Waals surface area contributed by atoms with Crippen molar-refractivity contribution in [1.82, 2.24) is 10.6 Å². The molecule has 0 spiro atoms. The summed E-state index contributed by atoms with van der Waals surface area (Å²) in [5.41, 5.74) is 1.19. The maximum absolute atomic E-state index is 5.71. The van der Waals surface area contributed by atoms with Crippen molar-refractivity contribution in [2.45, 2.75) is 20.5 Å². The standard InChI is InChI=1S/C17H25N3O/c1-4-11-19-17(18-5-2)20-12-15(3)13-21-14-16-9-7-6-8-10-16/h1,6-10,15H,5,11-14H2,2-3H3,(H2,18,19,20). The molecule has 2 N–H and O–H groups in total. The smallest absolute Gasteiger partial charge is 0.192 e. The molecule has 1 aromatic carbocycles. The molecule has 0 saturated heterocycles. The molecule has 0 aromatic heterocycles. The number of ether oxygens (including phenoxy) is 1.